The number of hydrogen-bond acceptors (Lipinski definition) is 6. The molecule has 0 saturated carbocycles. The molecule has 1 aliphatic rings. The van der Waals surface area contributed by atoms with Crippen molar-refractivity contribution < 1.29 is 14.3 Å². The van der Waals surface area contributed by atoms with Gasteiger partial charge in [-0.15, -0.1) is 11.3 Å². The van der Waals surface area contributed by atoms with Gasteiger partial charge in [-0.2, -0.15) is 0 Å². The highest BCUT2D eigenvalue weighted by Crippen LogP contribution is 2.39. The largest absolute Gasteiger partial charge is 0.493 e. The number of thiazole rings is 1. The Morgan fingerprint density at radius 2 is 2.24 bits per heavy atom. The average molecular weight is 361 g/mol. The normalized spacial score (nSPS) is 18.1. The molecule has 2 aromatic rings. The highest BCUT2D eigenvalue weighted by Gasteiger charge is 2.24. The van der Waals surface area contributed by atoms with Gasteiger partial charge in [0, 0.05) is 18.5 Å². The number of primary amides is 1. The number of para-hydroxylation sites is 1. The van der Waals surface area contributed by atoms with E-state index in [2.05, 4.69) is 10.3 Å². The van der Waals surface area contributed by atoms with Gasteiger partial charge in [0.1, 0.15) is 5.01 Å². The molecule has 0 bridgehead atoms. The van der Waals surface area contributed by atoms with Crippen LogP contribution in [0, 0.1) is 5.92 Å². The van der Waals surface area contributed by atoms with E-state index in [0.29, 0.717) is 18.0 Å². The first kappa shape index (κ1) is 17.7. The van der Waals surface area contributed by atoms with Crippen molar-refractivity contribution in [2.45, 2.75) is 19.4 Å². The highest BCUT2D eigenvalue weighted by atomic mass is 32.1. The number of piperidine rings is 1. The number of likely N-dealkylation sites (tertiary alicyclic amines) is 1. The molecule has 1 fully saturated rings. The predicted octanol–water partition coefficient (Wildman–Crippen LogP) is 2.52. The second-order valence-corrected chi connectivity index (χ2v) is 7.02. The molecule has 134 valence electrons. The lowest BCUT2D eigenvalue weighted by Gasteiger charge is -2.30. The lowest BCUT2D eigenvalue weighted by Crippen LogP contribution is -2.40. The van der Waals surface area contributed by atoms with Crippen LogP contribution in [-0.2, 0) is 11.3 Å². The summed E-state index contributed by atoms with van der Waals surface area (Å²) in [5, 5.41) is 2.96. The van der Waals surface area contributed by atoms with Crippen LogP contribution in [0.5, 0.6) is 11.5 Å². The topological polar surface area (TPSA) is 77.7 Å². The molecule has 7 heteroatoms. The summed E-state index contributed by atoms with van der Waals surface area (Å²) in [7, 11) is 3.26. The average Bonchev–Trinajstić information content (AvgIpc) is 3.09. The van der Waals surface area contributed by atoms with Crippen LogP contribution in [0.15, 0.2) is 23.6 Å². The zero-order valence-corrected chi connectivity index (χ0v) is 15.3. The molecule has 1 saturated heterocycles. The molecule has 1 aromatic carbocycles. The Kier molecular flexibility index (Phi) is 5.55. The number of aromatic nitrogens is 1. The van der Waals surface area contributed by atoms with Crippen LogP contribution >= 0.6 is 11.3 Å². The molecule has 1 aromatic heterocycles. The minimum atomic E-state index is -0.204. The van der Waals surface area contributed by atoms with Crippen molar-refractivity contribution in [2.24, 2.45) is 11.7 Å². The number of nitrogens with zero attached hydrogens (tertiary/aromatic N) is 2. The predicted molar refractivity (Wildman–Crippen MR) is 97.8 cm³/mol. The third-order valence-corrected chi connectivity index (χ3v) is 5.40. The third-order valence-electron chi connectivity index (χ3n) is 4.48. The van der Waals surface area contributed by atoms with Crippen molar-refractivity contribution in [3.8, 4) is 22.1 Å². The van der Waals surface area contributed by atoms with E-state index in [4.69, 9.17) is 20.2 Å². The van der Waals surface area contributed by atoms with Crippen LogP contribution in [-0.4, -0.2) is 43.1 Å². The van der Waals surface area contributed by atoms with E-state index >= 15 is 0 Å². The van der Waals surface area contributed by atoms with E-state index < -0.39 is 0 Å². The third kappa shape index (κ3) is 3.93. The summed E-state index contributed by atoms with van der Waals surface area (Å²) in [5.74, 6) is 1.13. The Morgan fingerprint density at radius 1 is 1.40 bits per heavy atom. The first-order valence-electron chi connectivity index (χ1n) is 8.29. The molecule has 0 spiro atoms. The zero-order chi connectivity index (χ0) is 17.8. The van der Waals surface area contributed by atoms with Crippen LogP contribution in [0.4, 0.5) is 0 Å². The number of carbonyl (C=O) groups excluding carboxylic acids is 1. The second kappa shape index (κ2) is 7.84. The van der Waals surface area contributed by atoms with Crippen LogP contribution in [0.1, 0.15) is 18.5 Å². The number of rotatable bonds is 6. The van der Waals surface area contributed by atoms with E-state index in [1.54, 1.807) is 25.6 Å². The zero-order valence-electron chi connectivity index (χ0n) is 14.5. The second-order valence-electron chi connectivity index (χ2n) is 6.16. The molecule has 0 radical (unpaired) electrons. The van der Waals surface area contributed by atoms with Gasteiger partial charge in [0.15, 0.2) is 11.5 Å². The quantitative estimate of drug-likeness (QED) is 0.855. The SMILES string of the molecule is COc1cccc(-c2nc(CN3CCC[C@H](C(N)=O)C3)cs2)c1OC. The van der Waals surface area contributed by atoms with Crippen molar-refractivity contribution in [1.82, 2.24) is 9.88 Å². The Hall–Kier alpha value is -2.12. The summed E-state index contributed by atoms with van der Waals surface area (Å²) in [6.07, 6.45) is 1.88. The van der Waals surface area contributed by atoms with E-state index in [1.165, 1.54) is 0 Å². The van der Waals surface area contributed by atoms with Crippen molar-refractivity contribution in [3.05, 3.63) is 29.3 Å². The summed E-state index contributed by atoms with van der Waals surface area (Å²) < 4.78 is 10.9. The van der Waals surface area contributed by atoms with Crippen molar-refractivity contribution in [3.63, 3.8) is 0 Å². The molecule has 1 atom stereocenters. The van der Waals surface area contributed by atoms with E-state index in [9.17, 15) is 4.79 Å². The van der Waals surface area contributed by atoms with Gasteiger partial charge in [-0.25, -0.2) is 4.98 Å². The number of hydrogen-bond donors (Lipinski definition) is 1. The minimum Gasteiger partial charge on any atom is -0.493 e. The van der Waals surface area contributed by atoms with Gasteiger partial charge in [-0.05, 0) is 31.5 Å². The van der Waals surface area contributed by atoms with Crippen LogP contribution < -0.4 is 15.2 Å². The number of ether oxygens (including phenoxy) is 2. The summed E-state index contributed by atoms with van der Waals surface area (Å²) in [6.45, 7) is 2.41. The van der Waals surface area contributed by atoms with Gasteiger partial charge in [-0.1, -0.05) is 6.07 Å². The fourth-order valence-electron chi connectivity index (χ4n) is 3.22. The van der Waals surface area contributed by atoms with Crippen molar-refractivity contribution in [2.75, 3.05) is 27.3 Å². The molecule has 2 heterocycles. The molecule has 3 rings (SSSR count). The lowest BCUT2D eigenvalue weighted by molar-refractivity contribution is -0.123. The van der Waals surface area contributed by atoms with Crippen molar-refractivity contribution >= 4 is 17.2 Å². The smallest absolute Gasteiger partial charge is 0.221 e. The minimum absolute atomic E-state index is 0.0506. The van der Waals surface area contributed by atoms with Gasteiger partial charge >= 0.3 is 0 Å². The van der Waals surface area contributed by atoms with Gasteiger partial charge in [-0.3, -0.25) is 9.69 Å². The number of nitrogens with two attached hydrogens (primary N) is 1. The molecule has 0 unspecified atom stereocenters. The molecule has 6 nitrogen and oxygen atoms in total. The molecule has 1 aliphatic heterocycles. The maximum absolute atomic E-state index is 11.4. The fourth-order valence-corrected chi connectivity index (χ4v) is 4.05. The van der Waals surface area contributed by atoms with Crippen LogP contribution in [0.25, 0.3) is 10.6 Å². The maximum atomic E-state index is 11.4. The summed E-state index contributed by atoms with van der Waals surface area (Å²) in [4.78, 5) is 18.4. The lowest BCUT2D eigenvalue weighted by atomic mass is 9.97. The first-order chi connectivity index (χ1) is 12.1. The summed E-state index contributed by atoms with van der Waals surface area (Å²) in [5.41, 5.74) is 7.38. The van der Waals surface area contributed by atoms with Crippen molar-refractivity contribution in [1.29, 1.82) is 0 Å². The number of carbonyl (C=O) groups is 1. The fraction of sp³-hybridized carbons (Fsp3) is 0.444. The molecule has 0 aliphatic carbocycles. The monoisotopic (exact) mass is 361 g/mol. The number of benzene rings is 1. The van der Waals surface area contributed by atoms with Crippen LogP contribution in [0.3, 0.4) is 0 Å². The Bertz CT molecular complexity index is 747. The number of methoxy groups -OCH3 is 2. The maximum Gasteiger partial charge on any atom is 0.221 e. The van der Waals surface area contributed by atoms with Crippen LogP contribution in [0.2, 0.25) is 0 Å². The molecule has 1 amide bonds. The van der Waals surface area contributed by atoms with Gasteiger partial charge < -0.3 is 15.2 Å². The van der Waals surface area contributed by atoms with Gasteiger partial charge in [0.2, 0.25) is 5.91 Å². The van der Waals surface area contributed by atoms with Gasteiger partial charge in [0.25, 0.3) is 0 Å². The van der Waals surface area contributed by atoms with E-state index in [-0.39, 0.29) is 11.8 Å². The van der Waals surface area contributed by atoms with E-state index in [1.807, 2.05) is 18.2 Å². The molecular formula is C18H23N3O3S. The Labute approximate surface area is 151 Å². The number of amides is 1. The van der Waals surface area contributed by atoms with Gasteiger partial charge in [0.05, 0.1) is 31.4 Å². The van der Waals surface area contributed by atoms with E-state index in [0.717, 1.165) is 42.2 Å². The molecule has 2 N–H and O–H groups in total. The standard InChI is InChI=1S/C18H23N3O3S/c1-23-15-7-3-6-14(16(15)24-2)18-20-13(11-25-18)10-21-8-4-5-12(9-21)17(19)22/h3,6-7,11-12H,4-5,8-10H2,1-2H3,(H2,19,22)/t12-/m0/s1. The molecular weight excluding hydrogens is 338 g/mol. The summed E-state index contributed by atoms with van der Waals surface area (Å²) in [6, 6.07) is 5.78. The first-order valence-corrected chi connectivity index (χ1v) is 9.17. The summed E-state index contributed by atoms with van der Waals surface area (Å²) >= 11 is 1.58. The Morgan fingerprint density at radius 3 is 2.96 bits per heavy atom. The Balaban J connectivity index is 1.76. The molecule has 25 heavy (non-hydrogen) atoms. The highest BCUT2D eigenvalue weighted by molar-refractivity contribution is 7.13.